The van der Waals surface area contributed by atoms with Crippen LogP contribution in [0.4, 0.5) is 0 Å². The molecule has 0 aliphatic carbocycles. The second kappa shape index (κ2) is 14.9. The van der Waals surface area contributed by atoms with E-state index in [0.717, 1.165) is 11.1 Å². The standard InChI is InChI=1S/C45H32N2O7/c48-38-28-26-33-34(25-27-37(39(33)46-38)52-40(29-15-5-1-6-16-29)30-17-7-2-8-18-30)42(54-47-43(49)35-23-13-14-24-36(35)44(47)50)45(51)53-41(31-19-9-3-10-20-31)32-21-11-4-12-22-32/h1-28,40-42H,(H,46,48). The molecule has 2 heterocycles. The van der Waals surface area contributed by atoms with Crippen molar-refractivity contribution in [3.63, 3.8) is 0 Å². The number of hydrogen-bond acceptors (Lipinski definition) is 7. The largest absolute Gasteiger partial charge is 0.479 e. The molecule has 1 aliphatic heterocycles. The van der Waals surface area contributed by atoms with Gasteiger partial charge in [-0.05, 0) is 46.5 Å². The van der Waals surface area contributed by atoms with Crippen LogP contribution in [-0.2, 0) is 14.4 Å². The lowest BCUT2D eigenvalue weighted by atomic mass is 9.99. The molecule has 9 nitrogen and oxygen atoms in total. The second-order valence-electron chi connectivity index (χ2n) is 12.7. The van der Waals surface area contributed by atoms with Crippen molar-refractivity contribution in [2.45, 2.75) is 18.3 Å². The van der Waals surface area contributed by atoms with Crippen LogP contribution in [0.25, 0.3) is 10.9 Å². The van der Waals surface area contributed by atoms with E-state index in [1.54, 1.807) is 30.3 Å². The Hall–Kier alpha value is -7.10. The Balaban J connectivity index is 1.24. The number of hydrogen-bond donors (Lipinski definition) is 1. The Kier molecular flexibility index (Phi) is 9.36. The number of aromatic amines is 1. The fourth-order valence-corrected chi connectivity index (χ4v) is 6.64. The van der Waals surface area contributed by atoms with E-state index in [9.17, 15) is 19.2 Å². The molecule has 0 bridgehead atoms. The van der Waals surface area contributed by atoms with Crippen LogP contribution in [0.2, 0.25) is 0 Å². The average molecular weight is 713 g/mol. The van der Waals surface area contributed by atoms with Crippen molar-refractivity contribution in [3.05, 3.63) is 219 Å². The number of pyridine rings is 1. The minimum Gasteiger partial charge on any atom is -0.479 e. The SMILES string of the molecule is O=C(OC(c1ccccc1)c1ccccc1)C(ON1C(=O)c2ccccc2C1=O)c1ccc(OC(c2ccccc2)c2ccccc2)c2[nH]c(=O)ccc12. The zero-order valence-corrected chi connectivity index (χ0v) is 28.7. The first-order valence-electron chi connectivity index (χ1n) is 17.3. The van der Waals surface area contributed by atoms with Gasteiger partial charge >= 0.3 is 5.97 Å². The number of benzene rings is 6. The number of carbonyl (C=O) groups is 3. The number of nitrogens with one attached hydrogen (secondary N) is 1. The van der Waals surface area contributed by atoms with Gasteiger partial charge in [-0.15, -0.1) is 5.06 Å². The summed E-state index contributed by atoms with van der Waals surface area (Å²) in [6, 6.07) is 50.2. The van der Waals surface area contributed by atoms with Gasteiger partial charge in [-0.1, -0.05) is 140 Å². The van der Waals surface area contributed by atoms with E-state index in [0.29, 0.717) is 27.3 Å². The number of aromatic nitrogens is 1. The lowest BCUT2D eigenvalue weighted by Crippen LogP contribution is -2.35. The molecular formula is C45H32N2O7. The summed E-state index contributed by atoms with van der Waals surface area (Å²) in [6.45, 7) is 0. The monoisotopic (exact) mass is 712 g/mol. The normalized spacial score (nSPS) is 13.0. The van der Waals surface area contributed by atoms with Crippen molar-refractivity contribution < 1.29 is 28.7 Å². The van der Waals surface area contributed by atoms with E-state index in [1.165, 1.54) is 18.2 Å². The molecule has 0 fully saturated rings. The van der Waals surface area contributed by atoms with E-state index in [2.05, 4.69) is 4.98 Å². The van der Waals surface area contributed by atoms with Crippen molar-refractivity contribution in [2.24, 2.45) is 0 Å². The Morgan fingerprint density at radius 2 is 0.981 bits per heavy atom. The first kappa shape index (κ1) is 34.0. The number of rotatable bonds is 11. The minimum atomic E-state index is -1.65. The van der Waals surface area contributed by atoms with E-state index >= 15 is 0 Å². The van der Waals surface area contributed by atoms with Crippen LogP contribution < -0.4 is 10.3 Å². The molecule has 1 N–H and O–H groups in total. The molecule has 54 heavy (non-hydrogen) atoms. The van der Waals surface area contributed by atoms with Crippen LogP contribution in [0.5, 0.6) is 5.75 Å². The Morgan fingerprint density at radius 3 is 1.48 bits per heavy atom. The molecular weight excluding hydrogens is 681 g/mol. The molecule has 0 radical (unpaired) electrons. The van der Waals surface area contributed by atoms with Crippen molar-refractivity contribution in [1.29, 1.82) is 0 Å². The van der Waals surface area contributed by atoms with E-state index < -0.39 is 41.7 Å². The molecule has 8 rings (SSSR count). The van der Waals surface area contributed by atoms with Gasteiger partial charge in [0.1, 0.15) is 11.9 Å². The van der Waals surface area contributed by atoms with Crippen LogP contribution in [0.1, 0.15) is 66.8 Å². The maximum Gasteiger partial charge on any atom is 0.343 e. The Bertz CT molecular complexity index is 2410. The number of nitrogens with zero attached hydrogens (tertiary/aromatic N) is 1. The summed E-state index contributed by atoms with van der Waals surface area (Å²) in [4.78, 5) is 63.7. The van der Waals surface area contributed by atoms with E-state index in [1.807, 2.05) is 121 Å². The number of hydroxylamine groups is 2. The summed E-state index contributed by atoms with van der Waals surface area (Å²) in [5.41, 5.74) is 3.54. The number of ether oxygens (including phenoxy) is 2. The lowest BCUT2D eigenvalue weighted by Gasteiger charge is -2.26. The van der Waals surface area contributed by atoms with Gasteiger partial charge < -0.3 is 14.5 Å². The van der Waals surface area contributed by atoms with Crippen LogP contribution in [-0.4, -0.2) is 27.8 Å². The highest BCUT2D eigenvalue weighted by molar-refractivity contribution is 6.20. The molecule has 1 aromatic heterocycles. The van der Waals surface area contributed by atoms with Crippen molar-refractivity contribution in [2.75, 3.05) is 0 Å². The second-order valence-corrected chi connectivity index (χ2v) is 12.7. The van der Waals surface area contributed by atoms with E-state index in [4.69, 9.17) is 14.3 Å². The van der Waals surface area contributed by atoms with Crippen LogP contribution >= 0.6 is 0 Å². The molecule has 0 saturated carbocycles. The van der Waals surface area contributed by atoms with Gasteiger partial charge in [0, 0.05) is 17.0 Å². The van der Waals surface area contributed by atoms with Crippen molar-refractivity contribution in [3.8, 4) is 5.75 Å². The molecule has 1 unspecified atom stereocenters. The lowest BCUT2D eigenvalue weighted by molar-refractivity contribution is -0.184. The highest BCUT2D eigenvalue weighted by Crippen LogP contribution is 2.38. The molecule has 2 amide bonds. The predicted molar refractivity (Wildman–Crippen MR) is 202 cm³/mol. The number of H-pyrrole nitrogens is 1. The molecule has 0 spiro atoms. The summed E-state index contributed by atoms with van der Waals surface area (Å²) in [5, 5.41) is 0.973. The molecule has 9 heteroatoms. The third kappa shape index (κ3) is 6.67. The minimum absolute atomic E-state index is 0.145. The van der Waals surface area contributed by atoms with Gasteiger partial charge in [-0.3, -0.25) is 14.4 Å². The third-order valence-electron chi connectivity index (χ3n) is 9.24. The Labute approximate surface area is 310 Å². The zero-order chi connectivity index (χ0) is 37.0. The third-order valence-corrected chi connectivity index (χ3v) is 9.24. The van der Waals surface area contributed by atoms with Crippen molar-refractivity contribution in [1.82, 2.24) is 10.0 Å². The van der Waals surface area contributed by atoms with Gasteiger partial charge in [-0.2, -0.15) is 0 Å². The maximum absolute atomic E-state index is 14.6. The smallest absolute Gasteiger partial charge is 0.343 e. The molecule has 264 valence electrons. The van der Waals surface area contributed by atoms with Gasteiger partial charge in [-0.25, -0.2) is 9.63 Å². The van der Waals surface area contributed by atoms with Crippen molar-refractivity contribution >= 4 is 28.7 Å². The molecule has 1 aliphatic rings. The molecule has 1 atom stereocenters. The summed E-state index contributed by atoms with van der Waals surface area (Å²) in [6.07, 6.45) is -3.07. The highest BCUT2D eigenvalue weighted by Gasteiger charge is 2.41. The number of amides is 2. The first-order valence-corrected chi connectivity index (χ1v) is 17.3. The topological polar surface area (TPSA) is 115 Å². The number of imide groups is 1. The van der Waals surface area contributed by atoms with Gasteiger partial charge in [0.25, 0.3) is 11.8 Å². The fourth-order valence-electron chi connectivity index (χ4n) is 6.64. The summed E-state index contributed by atoms with van der Waals surface area (Å²) in [7, 11) is 0. The quantitative estimate of drug-likeness (QED) is 0.106. The summed E-state index contributed by atoms with van der Waals surface area (Å²) in [5.74, 6) is -2.00. The zero-order valence-electron chi connectivity index (χ0n) is 28.7. The predicted octanol–water partition coefficient (Wildman–Crippen LogP) is 8.30. The van der Waals surface area contributed by atoms with Crippen LogP contribution in [0.15, 0.2) is 175 Å². The first-order chi connectivity index (χ1) is 26.5. The molecule has 7 aromatic rings. The van der Waals surface area contributed by atoms with E-state index in [-0.39, 0.29) is 22.2 Å². The fraction of sp³-hybridized carbons (Fsp3) is 0.0667. The van der Waals surface area contributed by atoms with Gasteiger partial charge in [0.15, 0.2) is 6.10 Å². The number of fused-ring (bicyclic) bond motifs is 2. The molecule has 6 aromatic carbocycles. The maximum atomic E-state index is 14.6. The summed E-state index contributed by atoms with van der Waals surface area (Å²) < 4.78 is 13.0. The van der Waals surface area contributed by atoms with Gasteiger partial charge in [0.2, 0.25) is 11.7 Å². The summed E-state index contributed by atoms with van der Waals surface area (Å²) >= 11 is 0. The molecule has 0 saturated heterocycles. The number of carbonyl (C=O) groups excluding carboxylic acids is 3. The number of esters is 1. The van der Waals surface area contributed by atoms with Crippen LogP contribution in [0, 0.1) is 0 Å². The van der Waals surface area contributed by atoms with Crippen LogP contribution in [0.3, 0.4) is 0 Å². The average Bonchev–Trinajstić information content (AvgIpc) is 3.46. The van der Waals surface area contributed by atoms with Gasteiger partial charge in [0.05, 0.1) is 16.6 Å². The highest BCUT2D eigenvalue weighted by atomic mass is 16.7. The Morgan fingerprint density at radius 1 is 0.519 bits per heavy atom.